The van der Waals surface area contributed by atoms with Crippen LogP contribution < -0.4 is 15.9 Å². The number of aryl methyl sites for hydroxylation is 2. The van der Waals surface area contributed by atoms with Gasteiger partial charge in [0, 0.05) is 20.9 Å². The topological polar surface area (TPSA) is 146 Å². The lowest BCUT2D eigenvalue weighted by Crippen LogP contribution is -2.21. The van der Waals surface area contributed by atoms with Crippen molar-refractivity contribution in [3.05, 3.63) is 51.3 Å². The van der Waals surface area contributed by atoms with E-state index >= 15 is 0 Å². The van der Waals surface area contributed by atoms with Crippen molar-refractivity contribution in [2.24, 2.45) is 5.10 Å². The fourth-order valence-electron chi connectivity index (χ4n) is 3.19. The molecule has 1 aromatic carbocycles. The Morgan fingerprint density at radius 1 is 1.28 bits per heavy atom. The van der Waals surface area contributed by atoms with Crippen LogP contribution in [-0.2, 0) is 0 Å². The molecule has 32 heavy (non-hydrogen) atoms. The van der Waals surface area contributed by atoms with E-state index in [9.17, 15) is 4.79 Å². The van der Waals surface area contributed by atoms with Crippen LogP contribution in [0.15, 0.2) is 40.1 Å². The molecule has 164 valence electrons. The number of aromatic nitrogens is 5. The highest BCUT2D eigenvalue weighted by molar-refractivity contribution is 7.12. The summed E-state index contributed by atoms with van der Waals surface area (Å²) < 4.78 is 11.3. The first kappa shape index (κ1) is 21.2. The molecule has 0 aliphatic heterocycles. The summed E-state index contributed by atoms with van der Waals surface area (Å²) in [4.78, 5) is 15.3. The van der Waals surface area contributed by atoms with E-state index in [1.165, 1.54) is 9.56 Å². The largest absolute Gasteiger partial charge is 0.497 e. The predicted octanol–water partition coefficient (Wildman–Crippen LogP) is 2.74. The molecule has 0 aliphatic carbocycles. The van der Waals surface area contributed by atoms with Gasteiger partial charge in [-0.1, -0.05) is 17.3 Å². The number of nitrogens with one attached hydrogen (secondary N) is 1. The van der Waals surface area contributed by atoms with Crippen molar-refractivity contribution in [1.82, 2.24) is 30.7 Å². The van der Waals surface area contributed by atoms with E-state index in [2.05, 4.69) is 35.8 Å². The standard InChI is InChI=1S/C20H20N8O3S/c1-10-8-15(12(3)32-10)11(2)22-24-20(29)16-17(13-6-5-7-14(9-13)30-4)28(27-23-16)19-18(21)25-31-26-19/h5-9H,1-4H3,(H2,21,25)(H,24,29)/b22-11+. The Balaban J connectivity index is 1.74. The lowest BCUT2D eigenvalue weighted by atomic mass is 10.1. The highest BCUT2D eigenvalue weighted by Crippen LogP contribution is 2.29. The zero-order chi connectivity index (χ0) is 22.8. The molecule has 3 N–H and O–H groups in total. The molecular formula is C20H20N8O3S. The highest BCUT2D eigenvalue weighted by Gasteiger charge is 2.25. The van der Waals surface area contributed by atoms with Crippen molar-refractivity contribution >= 4 is 28.8 Å². The number of benzene rings is 1. The van der Waals surface area contributed by atoms with Gasteiger partial charge in [-0.2, -0.15) is 9.78 Å². The molecule has 0 spiro atoms. The number of nitrogens with zero attached hydrogens (tertiary/aromatic N) is 6. The van der Waals surface area contributed by atoms with Gasteiger partial charge in [0.1, 0.15) is 11.4 Å². The van der Waals surface area contributed by atoms with Gasteiger partial charge in [0.15, 0.2) is 5.69 Å². The summed E-state index contributed by atoms with van der Waals surface area (Å²) in [6, 6.07) is 9.11. The van der Waals surface area contributed by atoms with Gasteiger partial charge in [0.25, 0.3) is 5.91 Å². The number of methoxy groups -OCH3 is 1. The molecule has 4 aromatic rings. The van der Waals surface area contributed by atoms with Crippen molar-refractivity contribution in [3.8, 4) is 22.8 Å². The van der Waals surface area contributed by atoms with Crippen LogP contribution in [0.5, 0.6) is 5.75 Å². The number of hydrazone groups is 1. The fraction of sp³-hybridized carbons (Fsp3) is 0.200. The molecule has 3 heterocycles. The second-order valence-corrected chi connectivity index (χ2v) is 8.33. The molecule has 0 unspecified atom stereocenters. The minimum atomic E-state index is -0.548. The Kier molecular flexibility index (Phi) is 5.69. The minimum absolute atomic E-state index is 0.00294. The molecular weight excluding hydrogens is 432 g/mol. The van der Waals surface area contributed by atoms with Gasteiger partial charge in [-0.3, -0.25) is 4.79 Å². The van der Waals surface area contributed by atoms with Gasteiger partial charge in [-0.15, -0.1) is 16.4 Å². The maximum absolute atomic E-state index is 13.0. The molecule has 1 amide bonds. The molecule has 0 radical (unpaired) electrons. The summed E-state index contributed by atoms with van der Waals surface area (Å²) >= 11 is 1.67. The summed E-state index contributed by atoms with van der Waals surface area (Å²) in [5.74, 6) is 0.152. The lowest BCUT2D eigenvalue weighted by Gasteiger charge is -2.08. The number of thiophene rings is 1. The maximum atomic E-state index is 13.0. The normalized spacial score (nSPS) is 11.6. The Hall–Kier alpha value is -4.06. The van der Waals surface area contributed by atoms with Crippen molar-refractivity contribution in [1.29, 1.82) is 0 Å². The van der Waals surface area contributed by atoms with Gasteiger partial charge >= 0.3 is 0 Å². The Morgan fingerprint density at radius 3 is 2.75 bits per heavy atom. The average molecular weight is 453 g/mol. The van der Waals surface area contributed by atoms with Crippen LogP contribution in [0.3, 0.4) is 0 Å². The molecule has 0 aliphatic rings. The second kappa shape index (κ2) is 8.59. The number of rotatable bonds is 6. The number of carbonyl (C=O) groups is 1. The van der Waals surface area contributed by atoms with Crippen molar-refractivity contribution in [2.75, 3.05) is 12.8 Å². The van der Waals surface area contributed by atoms with Crippen molar-refractivity contribution in [3.63, 3.8) is 0 Å². The zero-order valence-electron chi connectivity index (χ0n) is 17.8. The first-order valence-corrected chi connectivity index (χ1v) is 10.3. The number of nitrogen functional groups attached to an aromatic ring is 1. The second-order valence-electron chi connectivity index (χ2n) is 6.87. The molecule has 0 bridgehead atoms. The average Bonchev–Trinajstić information content (AvgIpc) is 3.49. The van der Waals surface area contributed by atoms with E-state index in [1.54, 1.807) is 42.7 Å². The molecule has 4 rings (SSSR count). The number of hydrogen-bond donors (Lipinski definition) is 2. The third kappa shape index (κ3) is 3.95. The molecule has 0 saturated carbocycles. The van der Waals surface area contributed by atoms with E-state index in [1.807, 2.05) is 26.8 Å². The fourth-order valence-corrected chi connectivity index (χ4v) is 4.16. The number of nitrogens with two attached hydrogens (primary N) is 1. The zero-order valence-corrected chi connectivity index (χ0v) is 18.6. The maximum Gasteiger partial charge on any atom is 0.294 e. The highest BCUT2D eigenvalue weighted by atomic mass is 32.1. The van der Waals surface area contributed by atoms with Gasteiger partial charge in [-0.05, 0) is 49.3 Å². The van der Waals surface area contributed by atoms with Crippen LogP contribution in [0, 0.1) is 13.8 Å². The van der Waals surface area contributed by atoms with E-state index in [0.29, 0.717) is 22.7 Å². The summed E-state index contributed by atoms with van der Waals surface area (Å²) in [6.45, 7) is 5.86. The van der Waals surface area contributed by atoms with Crippen LogP contribution in [0.1, 0.15) is 32.7 Å². The van der Waals surface area contributed by atoms with E-state index in [-0.39, 0.29) is 17.3 Å². The van der Waals surface area contributed by atoms with Gasteiger partial charge in [-0.25, -0.2) is 10.1 Å². The smallest absolute Gasteiger partial charge is 0.294 e. The van der Waals surface area contributed by atoms with Gasteiger partial charge in [0.05, 0.1) is 12.8 Å². The predicted molar refractivity (Wildman–Crippen MR) is 119 cm³/mol. The SMILES string of the molecule is COc1cccc(-c2c(C(=O)N/N=C(\C)c3cc(C)sc3C)nnn2-c2nonc2N)c1. The Morgan fingerprint density at radius 2 is 2.09 bits per heavy atom. The summed E-state index contributed by atoms with van der Waals surface area (Å²) in [5.41, 5.74) is 11.0. The number of carbonyl (C=O) groups excluding carboxylic acids is 1. The van der Waals surface area contributed by atoms with Crippen LogP contribution in [0.25, 0.3) is 17.1 Å². The molecule has 0 atom stereocenters. The quantitative estimate of drug-likeness (QED) is 0.335. The number of ether oxygens (including phenoxy) is 1. The van der Waals surface area contributed by atoms with E-state index < -0.39 is 5.91 Å². The van der Waals surface area contributed by atoms with Crippen molar-refractivity contribution < 1.29 is 14.2 Å². The monoisotopic (exact) mass is 452 g/mol. The van der Waals surface area contributed by atoms with E-state index in [0.717, 1.165) is 10.4 Å². The van der Waals surface area contributed by atoms with Crippen LogP contribution in [0.4, 0.5) is 5.82 Å². The van der Waals surface area contributed by atoms with Gasteiger partial charge < -0.3 is 10.5 Å². The van der Waals surface area contributed by atoms with Crippen LogP contribution >= 0.6 is 11.3 Å². The van der Waals surface area contributed by atoms with Crippen LogP contribution in [-0.4, -0.2) is 44.0 Å². The third-order valence-electron chi connectivity index (χ3n) is 4.68. The lowest BCUT2D eigenvalue weighted by molar-refractivity contribution is 0.0950. The number of anilines is 1. The molecule has 11 nitrogen and oxygen atoms in total. The Labute approximate surface area is 186 Å². The Bertz CT molecular complexity index is 1320. The number of amides is 1. The third-order valence-corrected chi connectivity index (χ3v) is 5.65. The van der Waals surface area contributed by atoms with E-state index in [4.69, 9.17) is 10.5 Å². The minimum Gasteiger partial charge on any atom is -0.497 e. The molecule has 0 saturated heterocycles. The molecule has 0 fully saturated rings. The molecule has 3 aromatic heterocycles. The first-order chi connectivity index (χ1) is 15.4. The summed E-state index contributed by atoms with van der Waals surface area (Å²) in [6.07, 6.45) is 0. The number of hydrogen-bond acceptors (Lipinski definition) is 10. The van der Waals surface area contributed by atoms with Gasteiger partial charge in [0.2, 0.25) is 11.6 Å². The molecule has 12 heteroatoms. The summed E-state index contributed by atoms with van der Waals surface area (Å²) in [5, 5.41) is 19.7. The summed E-state index contributed by atoms with van der Waals surface area (Å²) in [7, 11) is 1.55. The first-order valence-electron chi connectivity index (χ1n) is 9.49. The van der Waals surface area contributed by atoms with Crippen molar-refractivity contribution in [2.45, 2.75) is 20.8 Å². The van der Waals surface area contributed by atoms with Crippen LogP contribution in [0.2, 0.25) is 0 Å².